The number of ether oxygens (including phenoxy) is 2. The fraction of sp³-hybridized carbons (Fsp3) is 0.524. The third-order valence-corrected chi connectivity index (χ3v) is 4.81. The number of pyridine rings is 1. The number of nitrogens with zero attached hydrogens (tertiary/aromatic N) is 4. The molecular weight excluding hydrogens is 406 g/mol. The van der Waals surface area contributed by atoms with Crippen LogP contribution in [0.15, 0.2) is 30.7 Å². The Morgan fingerprint density at radius 3 is 2.57 bits per heavy atom. The second-order valence-corrected chi connectivity index (χ2v) is 9.14. The largest absolute Gasteiger partial charge is 0.444 e. The molecule has 0 saturated carbocycles. The predicted octanol–water partition coefficient (Wildman–Crippen LogP) is 4.57. The molecule has 0 unspecified atom stereocenters. The van der Waals surface area contributed by atoms with E-state index in [-0.39, 0.29) is 12.1 Å². The minimum Gasteiger partial charge on any atom is -0.444 e. The molecule has 3 heterocycles. The average Bonchev–Trinajstić information content (AvgIpc) is 2.96. The first kappa shape index (κ1) is 22.2. The van der Waals surface area contributed by atoms with Crippen LogP contribution in [0, 0.1) is 0 Å². The Morgan fingerprint density at radius 1 is 1.27 bits per heavy atom. The van der Waals surface area contributed by atoms with Gasteiger partial charge in [-0.15, -0.1) is 0 Å². The Labute approximate surface area is 182 Å². The highest BCUT2D eigenvalue weighted by Crippen LogP contribution is 2.31. The number of amides is 1. The Bertz CT molecular complexity index is 866. The first-order valence-corrected chi connectivity index (χ1v) is 10.3. The van der Waals surface area contributed by atoms with Gasteiger partial charge in [0.1, 0.15) is 17.1 Å². The summed E-state index contributed by atoms with van der Waals surface area (Å²) < 4.78 is 11.4. The van der Waals surface area contributed by atoms with Gasteiger partial charge in [0.2, 0.25) is 5.95 Å². The third kappa shape index (κ3) is 5.79. The van der Waals surface area contributed by atoms with E-state index < -0.39 is 11.3 Å². The summed E-state index contributed by atoms with van der Waals surface area (Å²) in [7, 11) is 0. The van der Waals surface area contributed by atoms with E-state index in [2.05, 4.69) is 20.3 Å². The Morgan fingerprint density at radius 2 is 1.97 bits per heavy atom. The number of aromatic nitrogens is 3. The number of rotatable bonds is 5. The minimum atomic E-state index is -0.697. The number of hydrogen-bond acceptors (Lipinski definition) is 7. The molecule has 0 aliphatic carbocycles. The zero-order valence-electron chi connectivity index (χ0n) is 18.0. The molecule has 1 aliphatic heterocycles. The molecule has 162 valence electrons. The van der Waals surface area contributed by atoms with Gasteiger partial charge in [0, 0.05) is 6.20 Å². The fourth-order valence-corrected chi connectivity index (χ4v) is 3.34. The van der Waals surface area contributed by atoms with Crippen molar-refractivity contribution in [2.24, 2.45) is 0 Å². The van der Waals surface area contributed by atoms with Gasteiger partial charge in [-0.2, -0.15) is 0 Å². The van der Waals surface area contributed by atoms with Crippen LogP contribution in [-0.4, -0.2) is 49.9 Å². The van der Waals surface area contributed by atoms with Gasteiger partial charge >= 0.3 is 6.09 Å². The zero-order chi connectivity index (χ0) is 21.9. The number of anilines is 2. The Kier molecular flexibility index (Phi) is 6.47. The highest BCUT2D eigenvalue weighted by atomic mass is 35.5. The number of carbonyl (C=O) groups is 1. The van der Waals surface area contributed by atoms with Gasteiger partial charge in [-0.3, -0.25) is 4.90 Å². The Hall–Kier alpha value is -2.45. The van der Waals surface area contributed by atoms with Crippen molar-refractivity contribution in [3.05, 3.63) is 41.3 Å². The molecular formula is C21H28ClN5O3. The van der Waals surface area contributed by atoms with Crippen LogP contribution in [0.25, 0.3) is 0 Å². The molecule has 1 atom stereocenters. The number of aryl methyl sites for hydroxylation is 1. The molecule has 1 saturated heterocycles. The van der Waals surface area contributed by atoms with Gasteiger partial charge in [-0.25, -0.2) is 19.7 Å². The van der Waals surface area contributed by atoms with Gasteiger partial charge in [0.25, 0.3) is 0 Å². The Balaban J connectivity index is 1.59. The van der Waals surface area contributed by atoms with Gasteiger partial charge < -0.3 is 14.8 Å². The van der Waals surface area contributed by atoms with E-state index in [1.807, 2.05) is 46.8 Å². The van der Waals surface area contributed by atoms with Crippen LogP contribution < -0.4 is 5.32 Å². The molecule has 1 fully saturated rings. The van der Waals surface area contributed by atoms with Crippen LogP contribution >= 0.6 is 11.6 Å². The maximum atomic E-state index is 12.7. The second-order valence-electron chi connectivity index (χ2n) is 8.70. The van der Waals surface area contributed by atoms with Crippen molar-refractivity contribution in [3.8, 4) is 0 Å². The van der Waals surface area contributed by atoms with Crippen molar-refractivity contribution < 1.29 is 14.3 Å². The first-order chi connectivity index (χ1) is 14.0. The standard InChI is InChI=1S/C21H28ClN5O3/c1-20(2,3)30-19(28)27-16(13-29-21(27,4)5)8-6-14-7-9-17(23-10-14)26-18-24-11-15(22)12-25-18/h7,9-12,16H,6,8,13H2,1-5H3,(H,23,24,25,26)/t16-/m0/s1. The van der Waals surface area contributed by atoms with Crippen LogP contribution in [0.3, 0.4) is 0 Å². The molecule has 0 spiro atoms. The number of carbonyl (C=O) groups excluding carboxylic acids is 1. The lowest BCUT2D eigenvalue weighted by atomic mass is 10.1. The van der Waals surface area contributed by atoms with Crippen LogP contribution in [0.2, 0.25) is 5.02 Å². The van der Waals surface area contributed by atoms with Gasteiger partial charge in [0.15, 0.2) is 0 Å². The summed E-state index contributed by atoms with van der Waals surface area (Å²) in [6.45, 7) is 9.84. The lowest BCUT2D eigenvalue weighted by Gasteiger charge is -2.35. The van der Waals surface area contributed by atoms with Gasteiger partial charge in [-0.1, -0.05) is 17.7 Å². The van der Waals surface area contributed by atoms with Crippen molar-refractivity contribution in [1.29, 1.82) is 0 Å². The van der Waals surface area contributed by atoms with Crippen molar-refractivity contribution >= 4 is 29.5 Å². The molecule has 0 aromatic carbocycles. The normalized spacial score (nSPS) is 18.3. The smallest absolute Gasteiger partial charge is 0.412 e. The predicted molar refractivity (Wildman–Crippen MR) is 115 cm³/mol. The highest BCUT2D eigenvalue weighted by molar-refractivity contribution is 6.30. The zero-order valence-corrected chi connectivity index (χ0v) is 18.7. The number of halogens is 1. The number of hydrogen-bond donors (Lipinski definition) is 1. The monoisotopic (exact) mass is 433 g/mol. The molecule has 30 heavy (non-hydrogen) atoms. The van der Waals surface area contributed by atoms with Gasteiger partial charge in [-0.05, 0) is 59.1 Å². The number of nitrogens with one attached hydrogen (secondary N) is 1. The molecule has 1 N–H and O–H groups in total. The highest BCUT2D eigenvalue weighted by Gasteiger charge is 2.45. The van der Waals surface area contributed by atoms with Crippen molar-refractivity contribution in [2.75, 3.05) is 11.9 Å². The second kappa shape index (κ2) is 8.73. The molecule has 2 aromatic heterocycles. The quantitative estimate of drug-likeness (QED) is 0.738. The maximum Gasteiger partial charge on any atom is 0.412 e. The van der Waals surface area contributed by atoms with Crippen molar-refractivity contribution in [1.82, 2.24) is 19.9 Å². The lowest BCUT2D eigenvalue weighted by molar-refractivity contribution is -0.0626. The molecule has 1 amide bonds. The van der Waals surface area contributed by atoms with E-state index in [1.54, 1.807) is 11.1 Å². The molecule has 0 bridgehead atoms. The maximum absolute atomic E-state index is 12.7. The van der Waals surface area contributed by atoms with E-state index in [0.717, 1.165) is 18.4 Å². The summed E-state index contributed by atoms with van der Waals surface area (Å²) >= 11 is 5.79. The summed E-state index contributed by atoms with van der Waals surface area (Å²) in [6.07, 6.45) is 6.00. The van der Waals surface area contributed by atoms with Crippen molar-refractivity contribution in [3.63, 3.8) is 0 Å². The summed E-state index contributed by atoms with van der Waals surface area (Å²) in [5, 5.41) is 3.50. The van der Waals surface area contributed by atoms with Crippen LogP contribution in [0.4, 0.5) is 16.6 Å². The molecule has 9 heteroatoms. The third-order valence-electron chi connectivity index (χ3n) is 4.62. The van der Waals surface area contributed by atoms with E-state index >= 15 is 0 Å². The van der Waals surface area contributed by atoms with E-state index in [0.29, 0.717) is 23.4 Å². The first-order valence-electron chi connectivity index (χ1n) is 9.89. The summed E-state index contributed by atoms with van der Waals surface area (Å²) in [5.74, 6) is 1.07. The average molecular weight is 434 g/mol. The van der Waals surface area contributed by atoms with E-state index in [1.165, 1.54) is 12.4 Å². The van der Waals surface area contributed by atoms with E-state index in [4.69, 9.17) is 21.1 Å². The topological polar surface area (TPSA) is 89.5 Å². The lowest BCUT2D eigenvalue weighted by Crippen LogP contribution is -2.49. The van der Waals surface area contributed by atoms with Crippen LogP contribution in [0.1, 0.15) is 46.6 Å². The molecule has 1 aliphatic rings. The summed E-state index contributed by atoms with van der Waals surface area (Å²) in [5.41, 5.74) is -0.190. The van der Waals surface area contributed by atoms with Crippen molar-refractivity contribution in [2.45, 2.75) is 64.8 Å². The van der Waals surface area contributed by atoms with Gasteiger partial charge in [0.05, 0.1) is 30.1 Å². The minimum absolute atomic E-state index is 0.0601. The molecule has 3 rings (SSSR count). The van der Waals surface area contributed by atoms with E-state index in [9.17, 15) is 4.79 Å². The molecule has 2 aromatic rings. The summed E-state index contributed by atoms with van der Waals surface area (Å²) in [6, 6.07) is 3.80. The molecule has 8 nitrogen and oxygen atoms in total. The van der Waals surface area contributed by atoms with Crippen LogP contribution in [-0.2, 0) is 15.9 Å². The molecule has 0 radical (unpaired) electrons. The fourth-order valence-electron chi connectivity index (χ4n) is 3.25. The summed E-state index contributed by atoms with van der Waals surface area (Å²) in [4.78, 5) is 27.0. The SMILES string of the molecule is CC(C)(C)OC(=O)N1[C@@H](CCc2ccc(Nc3ncc(Cl)cn3)nc2)COC1(C)C. The van der Waals surface area contributed by atoms with Crippen LogP contribution in [0.5, 0.6) is 0 Å².